The first kappa shape index (κ1) is 13.9. The summed E-state index contributed by atoms with van der Waals surface area (Å²) in [7, 11) is 0. The first-order chi connectivity index (χ1) is 7.94. The Morgan fingerprint density at radius 1 is 1.41 bits per heavy atom. The molecule has 0 saturated carbocycles. The maximum Gasteiger partial charge on any atom is 0.287 e. The van der Waals surface area contributed by atoms with E-state index < -0.39 is 25.0 Å². The Hall–Kier alpha value is -1.20. The lowest BCUT2D eigenvalue weighted by Crippen LogP contribution is -2.39. The number of aliphatic hydroxyl groups excluding tert-OH is 1. The fourth-order valence-electron chi connectivity index (χ4n) is 1.16. The normalized spacial score (nSPS) is 11.3. The topological polar surface area (TPSA) is 49.3 Å². The highest BCUT2D eigenvalue weighted by Gasteiger charge is 2.28. The van der Waals surface area contributed by atoms with Gasteiger partial charge in [0, 0.05) is 5.02 Å². The fraction of sp³-hybridized carbons (Fsp3) is 0.364. The summed E-state index contributed by atoms with van der Waals surface area (Å²) in [6.45, 7) is -2.17. The van der Waals surface area contributed by atoms with E-state index >= 15 is 0 Å². The molecule has 3 nitrogen and oxygen atoms in total. The number of carbonyl (C=O) groups is 1. The largest absolute Gasteiger partial charge is 0.390 e. The number of carbonyl (C=O) groups excluding carboxylic acids is 1. The van der Waals surface area contributed by atoms with Crippen LogP contribution in [0.5, 0.6) is 0 Å². The van der Waals surface area contributed by atoms with Crippen LogP contribution in [-0.4, -0.2) is 30.1 Å². The maximum atomic E-state index is 12.6. The van der Waals surface area contributed by atoms with Crippen molar-refractivity contribution in [3.63, 3.8) is 0 Å². The van der Waals surface area contributed by atoms with Crippen LogP contribution in [0.3, 0.4) is 0 Å². The highest BCUT2D eigenvalue weighted by molar-refractivity contribution is 6.31. The number of nitrogens with one attached hydrogen (secondary N) is 1. The van der Waals surface area contributed by atoms with Gasteiger partial charge in [0.2, 0.25) is 5.91 Å². The van der Waals surface area contributed by atoms with Crippen molar-refractivity contribution >= 4 is 17.5 Å². The van der Waals surface area contributed by atoms with Crippen molar-refractivity contribution in [3.8, 4) is 0 Å². The van der Waals surface area contributed by atoms with E-state index in [-0.39, 0.29) is 6.42 Å². The van der Waals surface area contributed by atoms with Gasteiger partial charge in [0.15, 0.2) is 0 Å². The summed E-state index contributed by atoms with van der Waals surface area (Å²) in [5.74, 6) is -3.86. The van der Waals surface area contributed by atoms with Crippen molar-refractivity contribution in [1.29, 1.82) is 0 Å². The van der Waals surface area contributed by atoms with Crippen molar-refractivity contribution in [2.75, 3.05) is 13.2 Å². The van der Waals surface area contributed by atoms with Gasteiger partial charge in [0.25, 0.3) is 5.92 Å². The second-order valence-corrected chi connectivity index (χ2v) is 3.97. The molecule has 0 spiro atoms. The van der Waals surface area contributed by atoms with Gasteiger partial charge in [-0.1, -0.05) is 29.8 Å². The number of rotatable bonds is 5. The molecule has 0 aromatic heterocycles. The molecular formula is C11H12ClF2NO2. The van der Waals surface area contributed by atoms with E-state index in [1.54, 1.807) is 24.3 Å². The zero-order valence-electron chi connectivity index (χ0n) is 8.92. The van der Waals surface area contributed by atoms with Crippen LogP contribution in [0.2, 0.25) is 5.02 Å². The molecule has 0 atom stereocenters. The molecule has 0 fully saturated rings. The molecule has 0 saturated heterocycles. The smallest absolute Gasteiger partial charge is 0.287 e. The lowest BCUT2D eigenvalue weighted by molar-refractivity contribution is -0.123. The van der Waals surface area contributed by atoms with E-state index in [9.17, 15) is 13.6 Å². The molecule has 0 aliphatic carbocycles. The van der Waals surface area contributed by atoms with Crippen molar-refractivity contribution in [2.45, 2.75) is 12.3 Å². The molecule has 0 bridgehead atoms. The van der Waals surface area contributed by atoms with Gasteiger partial charge < -0.3 is 10.4 Å². The number of benzene rings is 1. The fourth-order valence-corrected chi connectivity index (χ4v) is 1.36. The highest BCUT2D eigenvalue weighted by atomic mass is 35.5. The quantitative estimate of drug-likeness (QED) is 0.848. The molecule has 6 heteroatoms. The van der Waals surface area contributed by atoms with Crippen molar-refractivity contribution in [2.24, 2.45) is 0 Å². The minimum Gasteiger partial charge on any atom is -0.390 e. The lowest BCUT2D eigenvalue weighted by Gasteiger charge is -2.14. The minimum atomic E-state index is -3.30. The Morgan fingerprint density at radius 3 is 2.65 bits per heavy atom. The third-order valence-electron chi connectivity index (χ3n) is 2.08. The molecule has 0 aliphatic rings. The molecule has 0 heterocycles. The summed E-state index contributed by atoms with van der Waals surface area (Å²) in [5.41, 5.74) is 0.569. The average molecular weight is 264 g/mol. The van der Waals surface area contributed by atoms with Crippen LogP contribution in [-0.2, 0) is 11.2 Å². The lowest BCUT2D eigenvalue weighted by atomic mass is 10.1. The first-order valence-corrected chi connectivity index (χ1v) is 5.31. The number of alkyl halides is 2. The Bertz CT molecular complexity index is 399. The van der Waals surface area contributed by atoms with Gasteiger partial charge in [-0.05, 0) is 11.6 Å². The number of halogens is 3. The van der Waals surface area contributed by atoms with E-state index in [4.69, 9.17) is 16.7 Å². The Balaban J connectivity index is 2.48. The standard InChI is InChI=1S/C11H12ClF2NO2/c12-9-4-2-1-3-8(9)5-10(17)15-6-11(13,14)7-16/h1-4,16H,5-7H2,(H,15,17). The van der Waals surface area contributed by atoms with Crippen LogP contribution in [0.15, 0.2) is 24.3 Å². The number of aliphatic hydroxyl groups is 1. The van der Waals surface area contributed by atoms with Gasteiger partial charge in [0.1, 0.15) is 6.61 Å². The summed E-state index contributed by atoms with van der Waals surface area (Å²) >= 11 is 5.82. The summed E-state index contributed by atoms with van der Waals surface area (Å²) in [5, 5.41) is 10.8. The highest BCUT2D eigenvalue weighted by Crippen LogP contribution is 2.15. The summed E-state index contributed by atoms with van der Waals surface area (Å²) in [6.07, 6.45) is -0.0683. The summed E-state index contributed by atoms with van der Waals surface area (Å²) < 4.78 is 25.3. The Labute approximate surface area is 102 Å². The van der Waals surface area contributed by atoms with Gasteiger partial charge in [-0.2, -0.15) is 0 Å². The van der Waals surface area contributed by atoms with Crippen LogP contribution < -0.4 is 5.32 Å². The monoisotopic (exact) mass is 263 g/mol. The number of amides is 1. The van der Waals surface area contributed by atoms with Crippen LogP contribution in [0, 0.1) is 0 Å². The van der Waals surface area contributed by atoms with Crippen LogP contribution >= 0.6 is 11.6 Å². The molecular weight excluding hydrogens is 252 g/mol. The molecule has 1 amide bonds. The van der Waals surface area contributed by atoms with Crippen molar-refractivity contribution in [1.82, 2.24) is 5.32 Å². The van der Waals surface area contributed by atoms with Crippen LogP contribution in [0.1, 0.15) is 5.56 Å². The van der Waals surface area contributed by atoms with Gasteiger partial charge in [-0.15, -0.1) is 0 Å². The summed E-state index contributed by atoms with van der Waals surface area (Å²) in [6, 6.07) is 6.68. The van der Waals surface area contributed by atoms with E-state index in [1.165, 1.54) is 0 Å². The van der Waals surface area contributed by atoms with Crippen molar-refractivity contribution < 1.29 is 18.7 Å². The number of hydrogen-bond donors (Lipinski definition) is 2. The molecule has 94 valence electrons. The maximum absolute atomic E-state index is 12.6. The van der Waals surface area contributed by atoms with Gasteiger partial charge in [-0.3, -0.25) is 4.79 Å². The number of hydrogen-bond acceptors (Lipinski definition) is 2. The molecule has 0 unspecified atom stereocenters. The second-order valence-electron chi connectivity index (χ2n) is 3.56. The van der Waals surface area contributed by atoms with E-state index in [0.29, 0.717) is 10.6 Å². The zero-order chi connectivity index (χ0) is 12.9. The molecule has 0 radical (unpaired) electrons. The third-order valence-corrected chi connectivity index (χ3v) is 2.45. The molecule has 2 N–H and O–H groups in total. The molecule has 1 aromatic carbocycles. The summed E-state index contributed by atoms with van der Waals surface area (Å²) in [4.78, 5) is 11.3. The van der Waals surface area contributed by atoms with Crippen LogP contribution in [0.25, 0.3) is 0 Å². The minimum absolute atomic E-state index is 0.0683. The molecule has 1 aromatic rings. The first-order valence-electron chi connectivity index (χ1n) is 4.93. The predicted molar refractivity (Wildman–Crippen MR) is 60.2 cm³/mol. The van der Waals surface area contributed by atoms with Gasteiger partial charge in [-0.25, -0.2) is 8.78 Å². The zero-order valence-corrected chi connectivity index (χ0v) is 9.68. The molecule has 0 aliphatic heterocycles. The average Bonchev–Trinajstić information content (AvgIpc) is 2.30. The van der Waals surface area contributed by atoms with E-state index in [1.807, 2.05) is 5.32 Å². The Morgan fingerprint density at radius 2 is 2.06 bits per heavy atom. The van der Waals surface area contributed by atoms with E-state index in [2.05, 4.69) is 0 Å². The SMILES string of the molecule is O=C(Cc1ccccc1Cl)NCC(F)(F)CO. The van der Waals surface area contributed by atoms with Gasteiger partial charge in [0.05, 0.1) is 13.0 Å². The van der Waals surface area contributed by atoms with Crippen molar-refractivity contribution in [3.05, 3.63) is 34.9 Å². The Kier molecular flexibility index (Phi) is 4.84. The van der Waals surface area contributed by atoms with Crippen LogP contribution in [0.4, 0.5) is 8.78 Å². The molecule has 17 heavy (non-hydrogen) atoms. The molecule has 1 rings (SSSR count). The predicted octanol–water partition coefficient (Wildman–Crippen LogP) is 1.63. The van der Waals surface area contributed by atoms with Gasteiger partial charge >= 0.3 is 0 Å². The van der Waals surface area contributed by atoms with E-state index in [0.717, 1.165) is 0 Å². The second kappa shape index (κ2) is 5.93. The third kappa shape index (κ3) is 4.66.